The molecule has 0 aromatic heterocycles. The summed E-state index contributed by atoms with van der Waals surface area (Å²) in [4.78, 5) is 36.8. The Morgan fingerprint density at radius 3 is 2.68 bits per heavy atom. The predicted octanol–water partition coefficient (Wildman–Crippen LogP) is 0.467. The first kappa shape index (κ1) is 16.4. The van der Waals surface area contributed by atoms with Crippen molar-refractivity contribution in [1.29, 1.82) is 0 Å². The molecule has 8 heteroatoms. The highest BCUT2D eigenvalue weighted by Gasteiger charge is 2.39. The maximum atomic E-state index is 13.7. The summed E-state index contributed by atoms with van der Waals surface area (Å²) >= 11 is 0. The van der Waals surface area contributed by atoms with Crippen molar-refractivity contribution >= 4 is 30.1 Å². The zero-order valence-corrected chi connectivity index (χ0v) is 12.4. The van der Waals surface area contributed by atoms with Gasteiger partial charge in [-0.15, -0.1) is 12.4 Å². The molecule has 118 valence electrons. The molecule has 22 heavy (non-hydrogen) atoms. The zero-order chi connectivity index (χ0) is 15.1. The lowest BCUT2D eigenvalue weighted by Crippen LogP contribution is -2.52. The molecule has 3 amide bonds. The van der Waals surface area contributed by atoms with Crippen molar-refractivity contribution in [2.75, 3.05) is 0 Å². The van der Waals surface area contributed by atoms with Crippen molar-refractivity contribution in [3.63, 3.8) is 0 Å². The number of carbonyl (C=O) groups is 3. The van der Waals surface area contributed by atoms with Crippen LogP contribution in [0.15, 0.2) is 12.1 Å². The van der Waals surface area contributed by atoms with Gasteiger partial charge in [0.25, 0.3) is 5.91 Å². The second-order valence-corrected chi connectivity index (χ2v) is 5.20. The Morgan fingerprint density at radius 1 is 1.32 bits per heavy atom. The first-order valence-corrected chi connectivity index (χ1v) is 6.67. The number of hydrogen-bond donors (Lipinski definition) is 2. The molecule has 2 aliphatic rings. The van der Waals surface area contributed by atoms with Crippen LogP contribution in [0.3, 0.4) is 0 Å². The number of amides is 3. The van der Waals surface area contributed by atoms with Crippen LogP contribution in [0.2, 0.25) is 0 Å². The molecule has 0 saturated carbocycles. The van der Waals surface area contributed by atoms with Gasteiger partial charge in [0, 0.05) is 30.6 Å². The van der Waals surface area contributed by atoms with Crippen LogP contribution in [0.5, 0.6) is 0 Å². The molecule has 3 N–H and O–H groups in total. The molecule has 0 bridgehead atoms. The number of carbonyl (C=O) groups excluding carboxylic acids is 3. The van der Waals surface area contributed by atoms with Gasteiger partial charge in [-0.25, -0.2) is 4.39 Å². The number of piperidine rings is 1. The van der Waals surface area contributed by atoms with Crippen molar-refractivity contribution < 1.29 is 18.8 Å². The van der Waals surface area contributed by atoms with Gasteiger partial charge in [-0.1, -0.05) is 0 Å². The Labute approximate surface area is 132 Å². The van der Waals surface area contributed by atoms with E-state index in [1.807, 2.05) is 0 Å². The summed E-state index contributed by atoms with van der Waals surface area (Å²) in [6, 6.07) is 2.05. The van der Waals surface area contributed by atoms with E-state index < -0.39 is 17.8 Å². The quantitative estimate of drug-likeness (QED) is 0.772. The number of halogens is 2. The van der Waals surface area contributed by atoms with E-state index in [9.17, 15) is 18.8 Å². The van der Waals surface area contributed by atoms with E-state index in [-0.39, 0.29) is 55.7 Å². The highest BCUT2D eigenvalue weighted by atomic mass is 35.5. The number of nitrogens with zero attached hydrogens (tertiary/aromatic N) is 1. The molecule has 3 rings (SSSR count). The molecule has 2 heterocycles. The molecule has 0 aliphatic carbocycles. The van der Waals surface area contributed by atoms with Crippen LogP contribution in [-0.4, -0.2) is 28.7 Å². The van der Waals surface area contributed by atoms with Crippen LogP contribution in [0.4, 0.5) is 4.39 Å². The number of hydrogen-bond acceptors (Lipinski definition) is 4. The molecule has 0 spiro atoms. The standard InChI is InChI=1S/C14H14FN3O3.ClH/c15-10-4-8-6-18(11-1-2-12(19)17-13(11)20)14(21)9(8)3-7(10)5-16;/h3-4,11H,1-2,5-6,16H2,(H,17,19,20);1H. The van der Waals surface area contributed by atoms with Gasteiger partial charge in [0.2, 0.25) is 11.8 Å². The molecule has 1 fully saturated rings. The van der Waals surface area contributed by atoms with E-state index in [1.165, 1.54) is 17.0 Å². The van der Waals surface area contributed by atoms with Crippen LogP contribution in [0.1, 0.15) is 34.3 Å². The van der Waals surface area contributed by atoms with E-state index in [1.54, 1.807) is 0 Å². The van der Waals surface area contributed by atoms with Crippen LogP contribution in [0.25, 0.3) is 0 Å². The molecule has 6 nitrogen and oxygen atoms in total. The van der Waals surface area contributed by atoms with Gasteiger partial charge in [-0.05, 0) is 24.1 Å². The van der Waals surface area contributed by atoms with Gasteiger partial charge >= 0.3 is 0 Å². The fourth-order valence-electron chi connectivity index (χ4n) is 2.79. The fourth-order valence-corrected chi connectivity index (χ4v) is 2.79. The molecular weight excluding hydrogens is 313 g/mol. The summed E-state index contributed by atoms with van der Waals surface area (Å²) in [7, 11) is 0. The summed E-state index contributed by atoms with van der Waals surface area (Å²) < 4.78 is 13.7. The minimum atomic E-state index is -0.688. The van der Waals surface area contributed by atoms with E-state index in [0.29, 0.717) is 11.1 Å². The summed E-state index contributed by atoms with van der Waals surface area (Å²) in [5.41, 5.74) is 6.63. The Kier molecular flexibility index (Phi) is 4.48. The second-order valence-electron chi connectivity index (χ2n) is 5.20. The molecular formula is C14H15ClFN3O3. The number of nitrogens with two attached hydrogens (primary N) is 1. The first-order chi connectivity index (χ1) is 10.0. The Bertz CT molecular complexity index is 665. The highest BCUT2D eigenvalue weighted by Crippen LogP contribution is 2.29. The third kappa shape index (κ3) is 2.57. The van der Waals surface area contributed by atoms with E-state index in [4.69, 9.17) is 5.73 Å². The molecule has 1 aromatic carbocycles. The average Bonchev–Trinajstić information content (AvgIpc) is 2.74. The van der Waals surface area contributed by atoms with Gasteiger partial charge in [0.15, 0.2) is 0 Å². The van der Waals surface area contributed by atoms with E-state index in [0.717, 1.165) is 0 Å². The molecule has 1 unspecified atom stereocenters. The predicted molar refractivity (Wildman–Crippen MR) is 77.6 cm³/mol. The summed E-state index contributed by atoms with van der Waals surface area (Å²) in [6.07, 6.45) is 0.482. The average molecular weight is 328 g/mol. The molecule has 1 aromatic rings. The van der Waals surface area contributed by atoms with Crippen molar-refractivity contribution in [2.45, 2.75) is 32.0 Å². The topological polar surface area (TPSA) is 92.5 Å². The highest BCUT2D eigenvalue weighted by molar-refractivity contribution is 6.05. The third-order valence-corrected chi connectivity index (χ3v) is 3.91. The normalized spacial score (nSPS) is 20.5. The van der Waals surface area contributed by atoms with Crippen molar-refractivity contribution in [1.82, 2.24) is 10.2 Å². The lowest BCUT2D eigenvalue weighted by atomic mass is 10.0. The van der Waals surface area contributed by atoms with Crippen LogP contribution >= 0.6 is 12.4 Å². The van der Waals surface area contributed by atoms with Crippen molar-refractivity contribution in [3.8, 4) is 0 Å². The second kappa shape index (κ2) is 6.02. The fraction of sp³-hybridized carbons (Fsp3) is 0.357. The summed E-state index contributed by atoms with van der Waals surface area (Å²) in [5.74, 6) is -1.59. The smallest absolute Gasteiger partial charge is 0.255 e. The van der Waals surface area contributed by atoms with Crippen molar-refractivity contribution in [2.24, 2.45) is 5.73 Å². The minimum absolute atomic E-state index is 0. The maximum absolute atomic E-state index is 13.7. The first-order valence-electron chi connectivity index (χ1n) is 6.67. The summed E-state index contributed by atoms with van der Waals surface area (Å²) in [5, 5.41) is 2.22. The van der Waals surface area contributed by atoms with Crippen molar-refractivity contribution in [3.05, 3.63) is 34.6 Å². The monoisotopic (exact) mass is 327 g/mol. The van der Waals surface area contributed by atoms with Crippen LogP contribution < -0.4 is 11.1 Å². The SMILES string of the molecule is Cl.NCc1cc2c(cc1F)CN(C1CCC(=O)NC1=O)C2=O. The van der Waals surface area contributed by atoms with E-state index in [2.05, 4.69) is 5.32 Å². The third-order valence-electron chi connectivity index (χ3n) is 3.91. The Hall–Kier alpha value is -1.99. The maximum Gasteiger partial charge on any atom is 0.255 e. The number of rotatable bonds is 2. The van der Waals surface area contributed by atoms with Gasteiger partial charge in [0.1, 0.15) is 11.9 Å². The largest absolute Gasteiger partial charge is 0.326 e. The molecule has 1 saturated heterocycles. The minimum Gasteiger partial charge on any atom is -0.326 e. The Morgan fingerprint density at radius 2 is 2.05 bits per heavy atom. The van der Waals surface area contributed by atoms with Crippen LogP contribution in [0, 0.1) is 5.82 Å². The molecule has 0 radical (unpaired) electrons. The van der Waals surface area contributed by atoms with Gasteiger partial charge in [-0.2, -0.15) is 0 Å². The zero-order valence-electron chi connectivity index (χ0n) is 11.6. The summed E-state index contributed by atoms with van der Waals surface area (Å²) in [6.45, 7) is 0.174. The van der Waals surface area contributed by atoms with E-state index >= 15 is 0 Å². The number of imide groups is 1. The lowest BCUT2D eigenvalue weighted by molar-refractivity contribution is -0.136. The van der Waals surface area contributed by atoms with Gasteiger partial charge in [-0.3, -0.25) is 19.7 Å². The van der Waals surface area contributed by atoms with Gasteiger partial charge in [0.05, 0.1) is 0 Å². The molecule has 2 aliphatic heterocycles. The number of nitrogens with one attached hydrogen (secondary N) is 1. The van der Waals surface area contributed by atoms with Crippen LogP contribution in [-0.2, 0) is 22.7 Å². The van der Waals surface area contributed by atoms with Gasteiger partial charge < -0.3 is 10.6 Å². The number of benzene rings is 1. The number of fused-ring (bicyclic) bond motifs is 1. The molecule has 1 atom stereocenters. The Balaban J connectivity index is 0.00000176. The lowest BCUT2D eigenvalue weighted by Gasteiger charge is -2.29.